The molecule has 2 aromatic carbocycles. The molecule has 2 aliphatic rings. The molecule has 28 heavy (non-hydrogen) atoms. The molecular weight excluding hydrogens is 364 g/mol. The van der Waals surface area contributed by atoms with Crippen LogP contribution in [0.5, 0.6) is 11.5 Å². The maximum absolute atomic E-state index is 10.8. The first kappa shape index (κ1) is 19.2. The van der Waals surface area contributed by atoms with E-state index >= 15 is 0 Å². The van der Waals surface area contributed by atoms with Gasteiger partial charge in [-0.1, -0.05) is 30.3 Å². The first-order chi connectivity index (χ1) is 13.7. The fourth-order valence-electron chi connectivity index (χ4n) is 3.50. The Morgan fingerprint density at radius 1 is 0.929 bits per heavy atom. The van der Waals surface area contributed by atoms with E-state index < -0.39 is 37.0 Å². The van der Waals surface area contributed by atoms with E-state index in [1.807, 2.05) is 30.3 Å². The van der Waals surface area contributed by atoms with Crippen molar-refractivity contribution in [2.45, 2.75) is 37.0 Å². The standard InChI is InChI=1S/C21H24O7/c1-23-14-8-10-15(11-9-14)26-21-17(22)19(24-2)18-16(27-21)12-25-20(28-18)13-6-4-3-5-7-13/h3-11,16-22H,12H2,1-2H3/t16-,17-,18-,19-,20?,21?/m1/s1. The van der Waals surface area contributed by atoms with Crippen LogP contribution in [0.25, 0.3) is 0 Å². The molecule has 4 rings (SSSR count). The van der Waals surface area contributed by atoms with E-state index in [2.05, 4.69) is 0 Å². The number of methoxy groups -OCH3 is 2. The molecule has 0 amide bonds. The van der Waals surface area contributed by atoms with Crippen LogP contribution in [0.1, 0.15) is 11.9 Å². The smallest absolute Gasteiger partial charge is 0.229 e. The van der Waals surface area contributed by atoms with Crippen molar-refractivity contribution in [3.05, 3.63) is 60.2 Å². The highest BCUT2D eigenvalue weighted by molar-refractivity contribution is 5.31. The Morgan fingerprint density at radius 3 is 2.32 bits per heavy atom. The van der Waals surface area contributed by atoms with Crippen molar-refractivity contribution in [2.75, 3.05) is 20.8 Å². The number of ether oxygens (including phenoxy) is 6. The van der Waals surface area contributed by atoms with Crippen LogP contribution in [0.3, 0.4) is 0 Å². The average molecular weight is 388 g/mol. The number of aliphatic hydroxyl groups excluding tert-OH is 1. The Kier molecular flexibility index (Phi) is 5.79. The van der Waals surface area contributed by atoms with Crippen molar-refractivity contribution in [1.82, 2.24) is 0 Å². The Labute approximate surface area is 163 Å². The SMILES string of the molecule is COc1ccc(OC2O[C@@H]3COC(c4ccccc4)O[C@H]3[C@H](OC)[C@H]2O)cc1. The lowest BCUT2D eigenvalue weighted by atomic mass is 9.97. The zero-order chi connectivity index (χ0) is 19.5. The average Bonchev–Trinajstić information content (AvgIpc) is 2.75. The summed E-state index contributed by atoms with van der Waals surface area (Å²) in [5.74, 6) is 1.27. The van der Waals surface area contributed by atoms with Gasteiger partial charge in [-0.05, 0) is 24.3 Å². The zero-order valence-electron chi connectivity index (χ0n) is 15.8. The Balaban J connectivity index is 1.47. The summed E-state index contributed by atoms with van der Waals surface area (Å²) in [6, 6.07) is 16.7. The Hall–Kier alpha value is -2.16. The van der Waals surface area contributed by atoms with Crippen LogP contribution in [0.4, 0.5) is 0 Å². The van der Waals surface area contributed by atoms with Gasteiger partial charge in [0.1, 0.15) is 35.9 Å². The lowest BCUT2D eigenvalue weighted by Crippen LogP contribution is -2.63. The molecule has 2 aromatic rings. The fourth-order valence-corrected chi connectivity index (χ4v) is 3.50. The van der Waals surface area contributed by atoms with E-state index in [-0.39, 0.29) is 0 Å². The predicted octanol–water partition coefficient (Wildman–Crippen LogP) is 2.29. The van der Waals surface area contributed by atoms with E-state index in [0.29, 0.717) is 18.1 Å². The highest BCUT2D eigenvalue weighted by atomic mass is 16.8. The molecule has 1 N–H and O–H groups in total. The van der Waals surface area contributed by atoms with Gasteiger partial charge < -0.3 is 33.5 Å². The van der Waals surface area contributed by atoms with Crippen molar-refractivity contribution in [1.29, 1.82) is 0 Å². The first-order valence-electron chi connectivity index (χ1n) is 9.18. The van der Waals surface area contributed by atoms with Crippen LogP contribution in [0.15, 0.2) is 54.6 Å². The zero-order valence-corrected chi connectivity index (χ0v) is 15.8. The Bertz CT molecular complexity index is 751. The lowest BCUT2D eigenvalue weighted by molar-refractivity contribution is -0.352. The molecule has 2 unspecified atom stereocenters. The molecule has 0 radical (unpaired) electrons. The monoisotopic (exact) mass is 388 g/mol. The van der Waals surface area contributed by atoms with Crippen LogP contribution >= 0.6 is 0 Å². The van der Waals surface area contributed by atoms with Crippen LogP contribution in [-0.2, 0) is 18.9 Å². The molecule has 0 bridgehead atoms. The number of hydrogen-bond donors (Lipinski definition) is 1. The van der Waals surface area contributed by atoms with Crippen molar-refractivity contribution < 1.29 is 33.5 Å². The number of benzene rings is 2. The molecule has 6 atom stereocenters. The molecule has 0 aliphatic carbocycles. The minimum atomic E-state index is -1.03. The molecule has 0 spiro atoms. The summed E-state index contributed by atoms with van der Waals surface area (Å²) in [6.45, 7) is 0.305. The van der Waals surface area contributed by atoms with Crippen molar-refractivity contribution in [3.63, 3.8) is 0 Å². The molecule has 2 saturated heterocycles. The summed E-state index contributed by atoms with van der Waals surface area (Å²) in [4.78, 5) is 0. The van der Waals surface area contributed by atoms with Gasteiger partial charge >= 0.3 is 0 Å². The van der Waals surface area contributed by atoms with Gasteiger partial charge in [0.25, 0.3) is 0 Å². The van der Waals surface area contributed by atoms with Gasteiger partial charge in [-0.15, -0.1) is 0 Å². The van der Waals surface area contributed by atoms with E-state index in [1.165, 1.54) is 7.11 Å². The van der Waals surface area contributed by atoms with Crippen LogP contribution in [0.2, 0.25) is 0 Å². The second kappa shape index (κ2) is 8.46. The number of hydrogen-bond acceptors (Lipinski definition) is 7. The molecule has 2 aliphatic heterocycles. The second-order valence-corrected chi connectivity index (χ2v) is 6.70. The van der Waals surface area contributed by atoms with E-state index in [4.69, 9.17) is 28.4 Å². The van der Waals surface area contributed by atoms with E-state index in [9.17, 15) is 5.11 Å². The summed E-state index contributed by atoms with van der Waals surface area (Å²) in [7, 11) is 3.13. The third-order valence-corrected chi connectivity index (χ3v) is 4.96. The maximum Gasteiger partial charge on any atom is 0.229 e. The molecule has 2 heterocycles. The summed E-state index contributed by atoms with van der Waals surface area (Å²) >= 11 is 0. The molecule has 7 heteroatoms. The minimum absolute atomic E-state index is 0.305. The van der Waals surface area contributed by atoms with E-state index in [0.717, 1.165) is 5.56 Å². The molecular formula is C21H24O7. The topological polar surface area (TPSA) is 75.6 Å². The molecule has 150 valence electrons. The lowest BCUT2D eigenvalue weighted by Gasteiger charge is -2.47. The summed E-state index contributed by atoms with van der Waals surface area (Å²) in [6.07, 6.45) is -3.97. The third-order valence-electron chi connectivity index (χ3n) is 4.96. The van der Waals surface area contributed by atoms with E-state index in [1.54, 1.807) is 31.4 Å². The van der Waals surface area contributed by atoms with Crippen LogP contribution in [0, 0.1) is 0 Å². The van der Waals surface area contributed by atoms with Gasteiger partial charge in [-0.3, -0.25) is 0 Å². The summed E-state index contributed by atoms with van der Waals surface area (Å²) in [5.41, 5.74) is 0.905. The van der Waals surface area contributed by atoms with Crippen LogP contribution < -0.4 is 9.47 Å². The van der Waals surface area contributed by atoms with Crippen molar-refractivity contribution in [3.8, 4) is 11.5 Å². The first-order valence-corrected chi connectivity index (χ1v) is 9.18. The largest absolute Gasteiger partial charge is 0.497 e. The summed E-state index contributed by atoms with van der Waals surface area (Å²) in [5, 5.41) is 10.8. The Morgan fingerprint density at radius 2 is 1.64 bits per heavy atom. The van der Waals surface area contributed by atoms with Gasteiger partial charge in [-0.25, -0.2) is 0 Å². The number of rotatable bonds is 5. The molecule has 0 saturated carbocycles. The van der Waals surface area contributed by atoms with Crippen molar-refractivity contribution >= 4 is 0 Å². The minimum Gasteiger partial charge on any atom is -0.497 e. The second-order valence-electron chi connectivity index (χ2n) is 6.70. The van der Waals surface area contributed by atoms with Gasteiger partial charge in [0.05, 0.1) is 13.7 Å². The highest BCUT2D eigenvalue weighted by Crippen LogP contribution is 2.35. The van der Waals surface area contributed by atoms with Gasteiger partial charge in [0.2, 0.25) is 6.29 Å². The summed E-state index contributed by atoms with van der Waals surface area (Å²) < 4.78 is 34.4. The normalized spacial score (nSPS) is 32.4. The molecule has 0 aromatic heterocycles. The van der Waals surface area contributed by atoms with Gasteiger partial charge in [-0.2, -0.15) is 0 Å². The fraction of sp³-hybridized carbons (Fsp3) is 0.429. The highest BCUT2D eigenvalue weighted by Gasteiger charge is 2.50. The van der Waals surface area contributed by atoms with Gasteiger partial charge in [0, 0.05) is 12.7 Å². The maximum atomic E-state index is 10.8. The number of fused-ring (bicyclic) bond motifs is 1. The number of aliphatic hydroxyl groups is 1. The molecule has 2 fully saturated rings. The predicted molar refractivity (Wildman–Crippen MR) is 99.1 cm³/mol. The molecule has 7 nitrogen and oxygen atoms in total. The third kappa shape index (κ3) is 3.85. The van der Waals surface area contributed by atoms with Crippen molar-refractivity contribution in [2.24, 2.45) is 0 Å². The van der Waals surface area contributed by atoms with Gasteiger partial charge in [0.15, 0.2) is 6.29 Å². The quantitative estimate of drug-likeness (QED) is 0.842. The van der Waals surface area contributed by atoms with Crippen LogP contribution in [-0.4, -0.2) is 56.6 Å².